The number of aryl methyl sites for hydroxylation is 2. The van der Waals surface area contributed by atoms with Crippen molar-refractivity contribution in [3.05, 3.63) is 58.9 Å². The van der Waals surface area contributed by atoms with Gasteiger partial charge in [0.05, 0.1) is 13.2 Å². The van der Waals surface area contributed by atoms with Crippen molar-refractivity contribution in [2.75, 3.05) is 12.4 Å². The van der Waals surface area contributed by atoms with E-state index < -0.39 is 0 Å². The van der Waals surface area contributed by atoms with E-state index in [1.807, 2.05) is 19.1 Å². The lowest BCUT2D eigenvalue weighted by molar-refractivity contribution is 0.413. The molecule has 0 amide bonds. The molecule has 0 saturated heterocycles. The molecule has 0 aliphatic heterocycles. The molecule has 110 valence electrons. The zero-order chi connectivity index (χ0) is 14.8. The standard InChI is InChI=1S/C18H20FNO/c1-12-8-14(19)11-15(9-12)20-18-5-3-4-13-10-16(21-2)6-7-17(13)18/h6-11,18,20H,3-5H2,1-2H3. The predicted octanol–water partition coefficient (Wildman–Crippen LogP) is 4.63. The van der Waals surface area contributed by atoms with Crippen molar-refractivity contribution in [1.82, 2.24) is 0 Å². The SMILES string of the molecule is COc1ccc2c(c1)CCCC2Nc1cc(C)cc(F)c1. The summed E-state index contributed by atoms with van der Waals surface area (Å²) in [5.74, 6) is 0.708. The Balaban J connectivity index is 1.88. The lowest BCUT2D eigenvalue weighted by Gasteiger charge is -2.27. The Morgan fingerprint density at radius 2 is 2.05 bits per heavy atom. The molecule has 0 aromatic heterocycles. The third kappa shape index (κ3) is 3.02. The summed E-state index contributed by atoms with van der Waals surface area (Å²) in [5, 5.41) is 3.48. The molecule has 0 fully saturated rings. The highest BCUT2D eigenvalue weighted by Gasteiger charge is 2.20. The average Bonchev–Trinajstić information content (AvgIpc) is 2.46. The monoisotopic (exact) mass is 285 g/mol. The molecule has 0 heterocycles. The van der Waals surface area contributed by atoms with Crippen LogP contribution in [-0.4, -0.2) is 7.11 Å². The van der Waals surface area contributed by atoms with Gasteiger partial charge in [0, 0.05) is 5.69 Å². The van der Waals surface area contributed by atoms with E-state index in [2.05, 4.69) is 17.4 Å². The maximum Gasteiger partial charge on any atom is 0.125 e. The van der Waals surface area contributed by atoms with Crippen LogP contribution in [0.25, 0.3) is 0 Å². The first-order valence-electron chi connectivity index (χ1n) is 7.36. The average molecular weight is 285 g/mol. The van der Waals surface area contributed by atoms with Crippen LogP contribution in [0.5, 0.6) is 5.75 Å². The molecule has 1 unspecified atom stereocenters. The number of nitrogens with one attached hydrogen (secondary N) is 1. The molecular weight excluding hydrogens is 265 g/mol. The number of hydrogen-bond donors (Lipinski definition) is 1. The molecular formula is C18H20FNO. The molecule has 0 bridgehead atoms. The van der Waals surface area contributed by atoms with Gasteiger partial charge in [-0.15, -0.1) is 0 Å². The summed E-state index contributed by atoms with van der Waals surface area (Å²) in [7, 11) is 1.69. The molecule has 2 aromatic carbocycles. The van der Waals surface area contributed by atoms with Gasteiger partial charge in [0.25, 0.3) is 0 Å². The second kappa shape index (κ2) is 5.76. The zero-order valence-electron chi connectivity index (χ0n) is 12.4. The Kier molecular flexibility index (Phi) is 3.82. The molecule has 1 N–H and O–H groups in total. The molecule has 21 heavy (non-hydrogen) atoms. The van der Waals surface area contributed by atoms with Gasteiger partial charge < -0.3 is 10.1 Å². The van der Waals surface area contributed by atoms with E-state index in [1.165, 1.54) is 11.1 Å². The van der Waals surface area contributed by atoms with E-state index >= 15 is 0 Å². The molecule has 1 aliphatic rings. The van der Waals surface area contributed by atoms with E-state index in [1.54, 1.807) is 19.2 Å². The van der Waals surface area contributed by atoms with Crippen LogP contribution in [0, 0.1) is 12.7 Å². The minimum absolute atomic E-state index is 0.191. The quantitative estimate of drug-likeness (QED) is 0.887. The first-order chi connectivity index (χ1) is 10.2. The van der Waals surface area contributed by atoms with Gasteiger partial charge in [-0.05, 0) is 73.2 Å². The van der Waals surface area contributed by atoms with Gasteiger partial charge >= 0.3 is 0 Å². The van der Waals surface area contributed by atoms with Crippen LogP contribution in [0.1, 0.15) is 35.6 Å². The highest BCUT2D eigenvalue weighted by Crippen LogP contribution is 2.34. The summed E-state index contributed by atoms with van der Waals surface area (Å²) < 4.78 is 18.8. The van der Waals surface area contributed by atoms with Crippen LogP contribution in [0.2, 0.25) is 0 Å². The number of anilines is 1. The molecule has 2 nitrogen and oxygen atoms in total. The Hall–Kier alpha value is -2.03. The molecule has 1 aliphatic carbocycles. The van der Waals surface area contributed by atoms with E-state index in [-0.39, 0.29) is 11.9 Å². The lowest BCUT2D eigenvalue weighted by Crippen LogP contribution is -2.17. The Morgan fingerprint density at radius 1 is 1.19 bits per heavy atom. The molecule has 2 aromatic rings. The topological polar surface area (TPSA) is 21.3 Å². The van der Waals surface area contributed by atoms with E-state index in [9.17, 15) is 4.39 Å². The summed E-state index contributed by atoms with van der Waals surface area (Å²) in [4.78, 5) is 0. The van der Waals surface area contributed by atoms with Crippen LogP contribution < -0.4 is 10.1 Å². The summed E-state index contributed by atoms with van der Waals surface area (Å²) in [5.41, 5.74) is 4.40. The normalized spacial score (nSPS) is 17.2. The number of methoxy groups -OCH3 is 1. The fourth-order valence-electron chi connectivity index (χ4n) is 3.09. The van der Waals surface area contributed by atoms with Crippen molar-refractivity contribution < 1.29 is 9.13 Å². The van der Waals surface area contributed by atoms with Gasteiger partial charge in [0.15, 0.2) is 0 Å². The number of halogens is 1. The van der Waals surface area contributed by atoms with Gasteiger partial charge in [-0.2, -0.15) is 0 Å². The third-order valence-electron chi connectivity index (χ3n) is 4.05. The van der Waals surface area contributed by atoms with Crippen LogP contribution >= 0.6 is 0 Å². The Labute approximate surface area is 125 Å². The van der Waals surface area contributed by atoms with Gasteiger partial charge in [-0.3, -0.25) is 0 Å². The Morgan fingerprint density at radius 3 is 2.81 bits per heavy atom. The Bertz CT molecular complexity index is 633. The summed E-state index contributed by atoms with van der Waals surface area (Å²) >= 11 is 0. The minimum atomic E-state index is -0.191. The molecule has 1 atom stereocenters. The second-order valence-corrected chi connectivity index (χ2v) is 5.67. The number of hydrogen-bond acceptors (Lipinski definition) is 2. The zero-order valence-corrected chi connectivity index (χ0v) is 12.4. The van der Waals surface area contributed by atoms with Crippen molar-refractivity contribution in [3.8, 4) is 5.75 Å². The number of ether oxygens (including phenoxy) is 1. The van der Waals surface area contributed by atoms with Crippen LogP contribution in [0.3, 0.4) is 0 Å². The lowest BCUT2D eigenvalue weighted by atomic mass is 9.87. The summed E-state index contributed by atoms with van der Waals surface area (Å²) in [6.45, 7) is 1.91. The number of rotatable bonds is 3. The van der Waals surface area contributed by atoms with Crippen molar-refractivity contribution >= 4 is 5.69 Å². The van der Waals surface area contributed by atoms with E-state index in [0.717, 1.165) is 36.3 Å². The second-order valence-electron chi connectivity index (χ2n) is 5.67. The minimum Gasteiger partial charge on any atom is -0.497 e. The smallest absolute Gasteiger partial charge is 0.125 e. The van der Waals surface area contributed by atoms with Gasteiger partial charge in [0.1, 0.15) is 11.6 Å². The fraction of sp³-hybridized carbons (Fsp3) is 0.333. The maximum absolute atomic E-state index is 13.5. The first kappa shape index (κ1) is 13.9. The van der Waals surface area contributed by atoms with Gasteiger partial charge in [-0.1, -0.05) is 6.07 Å². The van der Waals surface area contributed by atoms with Crippen LogP contribution in [0.15, 0.2) is 36.4 Å². The molecule has 0 radical (unpaired) electrons. The van der Waals surface area contributed by atoms with Gasteiger partial charge in [0.2, 0.25) is 0 Å². The van der Waals surface area contributed by atoms with E-state index in [0.29, 0.717) is 0 Å². The summed E-state index contributed by atoms with van der Waals surface area (Å²) in [6.07, 6.45) is 3.27. The van der Waals surface area contributed by atoms with Crippen molar-refractivity contribution in [2.24, 2.45) is 0 Å². The third-order valence-corrected chi connectivity index (χ3v) is 4.05. The predicted molar refractivity (Wildman–Crippen MR) is 83.4 cm³/mol. The highest BCUT2D eigenvalue weighted by molar-refractivity contribution is 5.50. The van der Waals surface area contributed by atoms with Crippen molar-refractivity contribution in [2.45, 2.75) is 32.2 Å². The van der Waals surface area contributed by atoms with Crippen molar-refractivity contribution in [1.29, 1.82) is 0 Å². The number of benzene rings is 2. The maximum atomic E-state index is 13.5. The fourth-order valence-corrected chi connectivity index (χ4v) is 3.09. The molecule has 3 rings (SSSR count). The van der Waals surface area contributed by atoms with Gasteiger partial charge in [-0.25, -0.2) is 4.39 Å². The highest BCUT2D eigenvalue weighted by atomic mass is 19.1. The molecule has 3 heteroatoms. The van der Waals surface area contributed by atoms with Crippen molar-refractivity contribution in [3.63, 3.8) is 0 Å². The molecule has 0 spiro atoms. The van der Waals surface area contributed by atoms with Crippen LogP contribution in [0.4, 0.5) is 10.1 Å². The van der Waals surface area contributed by atoms with E-state index in [4.69, 9.17) is 4.74 Å². The first-order valence-corrected chi connectivity index (χ1v) is 7.36. The molecule has 0 saturated carbocycles. The summed E-state index contributed by atoms with van der Waals surface area (Å²) in [6, 6.07) is 11.6. The van der Waals surface area contributed by atoms with Crippen LogP contribution in [-0.2, 0) is 6.42 Å². The largest absolute Gasteiger partial charge is 0.497 e. The number of fused-ring (bicyclic) bond motifs is 1.